The maximum absolute atomic E-state index is 5.61. The Hall–Kier alpha value is -1.24. The second-order valence-corrected chi connectivity index (χ2v) is 3.92. The number of ether oxygens (including phenoxy) is 1. The lowest BCUT2D eigenvalue weighted by Crippen LogP contribution is -1.95. The van der Waals surface area contributed by atoms with Gasteiger partial charge in [0.1, 0.15) is 5.75 Å². The second-order valence-electron chi connectivity index (χ2n) is 3.92. The van der Waals surface area contributed by atoms with Crippen molar-refractivity contribution in [2.75, 3.05) is 6.61 Å². The van der Waals surface area contributed by atoms with Gasteiger partial charge < -0.3 is 4.74 Å². The predicted octanol–water partition coefficient (Wildman–Crippen LogP) is 3.98. The van der Waals surface area contributed by atoms with Gasteiger partial charge in [0.05, 0.1) is 6.61 Å². The minimum atomic E-state index is 0.761. The van der Waals surface area contributed by atoms with Gasteiger partial charge in [0, 0.05) is 0 Å². The molecule has 0 radical (unpaired) electrons. The molecule has 0 unspecified atom stereocenters. The summed E-state index contributed by atoms with van der Waals surface area (Å²) in [6.45, 7) is 7.13. The number of rotatable bonds is 5. The molecule has 0 aromatic heterocycles. The smallest absolute Gasteiger partial charge is 0.119 e. The van der Waals surface area contributed by atoms with Crippen LogP contribution >= 0.6 is 0 Å². The molecule has 0 aliphatic carbocycles. The molecule has 1 aromatic rings. The first-order chi connectivity index (χ1) is 7.22. The summed E-state index contributed by atoms with van der Waals surface area (Å²) in [5, 5.41) is 0. The third-order valence-corrected chi connectivity index (χ3v) is 2.27. The zero-order chi connectivity index (χ0) is 11.1. The summed E-state index contributed by atoms with van der Waals surface area (Å²) in [6.07, 6.45) is 4.26. The van der Waals surface area contributed by atoms with Crippen molar-refractivity contribution in [3.63, 3.8) is 0 Å². The molecule has 1 nitrogen and oxygen atoms in total. The average Bonchev–Trinajstić information content (AvgIpc) is 2.25. The number of hydrogen-bond acceptors (Lipinski definition) is 1. The van der Waals surface area contributed by atoms with E-state index in [4.69, 9.17) is 4.74 Å². The third kappa shape index (κ3) is 4.68. The molecular weight excluding hydrogens is 184 g/mol. The van der Waals surface area contributed by atoms with Crippen LogP contribution in [0.1, 0.15) is 32.8 Å². The number of allylic oxidation sites excluding steroid dienone is 1. The van der Waals surface area contributed by atoms with Gasteiger partial charge in [-0.25, -0.2) is 0 Å². The van der Waals surface area contributed by atoms with E-state index in [-0.39, 0.29) is 0 Å². The van der Waals surface area contributed by atoms with Crippen molar-refractivity contribution in [2.24, 2.45) is 0 Å². The quantitative estimate of drug-likeness (QED) is 0.520. The first-order valence-corrected chi connectivity index (χ1v) is 5.57. The Morgan fingerprint density at radius 3 is 2.40 bits per heavy atom. The number of benzene rings is 1. The van der Waals surface area contributed by atoms with Crippen LogP contribution in [0.5, 0.6) is 5.75 Å². The zero-order valence-electron chi connectivity index (χ0n) is 9.92. The number of hydrogen-bond donors (Lipinski definition) is 0. The van der Waals surface area contributed by atoms with E-state index in [0.29, 0.717) is 0 Å². The lowest BCUT2D eigenvalue weighted by molar-refractivity contribution is 0.324. The van der Waals surface area contributed by atoms with Gasteiger partial charge in [-0.1, -0.05) is 30.7 Å². The highest BCUT2D eigenvalue weighted by Gasteiger charge is 1.93. The van der Waals surface area contributed by atoms with Crippen LogP contribution in [0.25, 0.3) is 0 Å². The van der Waals surface area contributed by atoms with E-state index in [9.17, 15) is 0 Å². The first-order valence-electron chi connectivity index (χ1n) is 5.57. The van der Waals surface area contributed by atoms with Crippen LogP contribution in [0.3, 0.4) is 0 Å². The molecule has 0 spiro atoms. The predicted molar refractivity (Wildman–Crippen MR) is 65.4 cm³/mol. The molecule has 1 aromatic carbocycles. The average molecular weight is 204 g/mol. The molecule has 0 aliphatic rings. The van der Waals surface area contributed by atoms with Crippen LogP contribution in [-0.2, 0) is 6.42 Å². The lowest BCUT2D eigenvalue weighted by atomic mass is 10.2. The second kappa shape index (κ2) is 6.28. The van der Waals surface area contributed by atoms with E-state index in [0.717, 1.165) is 25.2 Å². The molecule has 0 bridgehead atoms. The molecule has 0 N–H and O–H groups in total. The van der Waals surface area contributed by atoms with Gasteiger partial charge in [0.15, 0.2) is 0 Å². The summed E-state index contributed by atoms with van der Waals surface area (Å²) in [5.41, 5.74) is 2.70. The Bertz CT molecular complexity index is 305. The van der Waals surface area contributed by atoms with Gasteiger partial charge in [0.25, 0.3) is 0 Å². The van der Waals surface area contributed by atoms with Crippen molar-refractivity contribution >= 4 is 0 Å². The highest BCUT2D eigenvalue weighted by molar-refractivity contribution is 5.27. The molecule has 0 heterocycles. The summed E-state index contributed by atoms with van der Waals surface area (Å²) in [7, 11) is 0. The minimum absolute atomic E-state index is 0.761. The molecule has 1 heteroatoms. The molecule has 0 saturated heterocycles. The van der Waals surface area contributed by atoms with Crippen LogP contribution in [0, 0.1) is 0 Å². The molecule has 0 saturated carbocycles. The summed E-state index contributed by atoms with van der Waals surface area (Å²) in [5.74, 6) is 0.967. The minimum Gasteiger partial charge on any atom is -0.493 e. The van der Waals surface area contributed by atoms with Crippen LogP contribution < -0.4 is 4.74 Å². The van der Waals surface area contributed by atoms with Gasteiger partial charge in [-0.3, -0.25) is 0 Å². The SMILES string of the molecule is CCc1ccc(OCCC=C(C)C)cc1. The highest BCUT2D eigenvalue weighted by atomic mass is 16.5. The molecule has 15 heavy (non-hydrogen) atoms. The fourth-order valence-corrected chi connectivity index (χ4v) is 1.35. The van der Waals surface area contributed by atoms with Gasteiger partial charge in [-0.2, -0.15) is 0 Å². The van der Waals surface area contributed by atoms with E-state index in [1.165, 1.54) is 11.1 Å². The molecule has 0 amide bonds. The van der Waals surface area contributed by atoms with Gasteiger partial charge >= 0.3 is 0 Å². The molecular formula is C14H20O. The molecule has 0 aliphatic heterocycles. The van der Waals surface area contributed by atoms with E-state index in [1.807, 2.05) is 12.1 Å². The summed E-state index contributed by atoms with van der Waals surface area (Å²) < 4.78 is 5.61. The van der Waals surface area contributed by atoms with Crippen molar-refractivity contribution in [1.82, 2.24) is 0 Å². The van der Waals surface area contributed by atoms with Gasteiger partial charge in [-0.05, 0) is 44.4 Å². The van der Waals surface area contributed by atoms with Crippen LogP contribution in [0.15, 0.2) is 35.9 Å². The summed E-state index contributed by atoms with van der Waals surface area (Å²) in [6, 6.07) is 8.33. The van der Waals surface area contributed by atoms with Crippen molar-refractivity contribution < 1.29 is 4.74 Å². The third-order valence-electron chi connectivity index (χ3n) is 2.27. The largest absolute Gasteiger partial charge is 0.493 e. The highest BCUT2D eigenvalue weighted by Crippen LogP contribution is 2.12. The van der Waals surface area contributed by atoms with Crippen LogP contribution in [0.4, 0.5) is 0 Å². The first kappa shape index (κ1) is 11.8. The van der Waals surface area contributed by atoms with Gasteiger partial charge in [0.2, 0.25) is 0 Å². The fraction of sp³-hybridized carbons (Fsp3) is 0.429. The van der Waals surface area contributed by atoms with Crippen molar-refractivity contribution in [3.8, 4) is 5.75 Å². The number of aryl methyl sites for hydroxylation is 1. The van der Waals surface area contributed by atoms with Crippen LogP contribution in [-0.4, -0.2) is 6.61 Å². The Labute approximate surface area is 92.8 Å². The maximum Gasteiger partial charge on any atom is 0.119 e. The van der Waals surface area contributed by atoms with E-state index < -0.39 is 0 Å². The Morgan fingerprint density at radius 1 is 1.20 bits per heavy atom. The van der Waals surface area contributed by atoms with Crippen LogP contribution in [0.2, 0.25) is 0 Å². The molecule has 1 rings (SSSR count). The fourth-order valence-electron chi connectivity index (χ4n) is 1.35. The Morgan fingerprint density at radius 2 is 1.87 bits per heavy atom. The summed E-state index contributed by atoms with van der Waals surface area (Å²) in [4.78, 5) is 0. The topological polar surface area (TPSA) is 9.23 Å². The van der Waals surface area contributed by atoms with E-state index in [2.05, 4.69) is 39.0 Å². The zero-order valence-corrected chi connectivity index (χ0v) is 9.92. The van der Waals surface area contributed by atoms with Crippen molar-refractivity contribution in [1.29, 1.82) is 0 Å². The lowest BCUT2D eigenvalue weighted by Gasteiger charge is -2.05. The monoisotopic (exact) mass is 204 g/mol. The molecule has 0 fully saturated rings. The maximum atomic E-state index is 5.61. The Balaban J connectivity index is 2.35. The Kier molecular flexibility index (Phi) is 4.96. The molecule has 82 valence electrons. The summed E-state index contributed by atoms with van der Waals surface area (Å²) >= 11 is 0. The molecule has 0 atom stereocenters. The van der Waals surface area contributed by atoms with Crippen molar-refractivity contribution in [2.45, 2.75) is 33.6 Å². The standard InChI is InChI=1S/C14H20O/c1-4-13-7-9-14(10-8-13)15-11-5-6-12(2)3/h6-10H,4-5,11H2,1-3H3. The van der Waals surface area contributed by atoms with Crippen molar-refractivity contribution in [3.05, 3.63) is 41.5 Å². The normalized spacial score (nSPS) is 9.80. The van der Waals surface area contributed by atoms with Gasteiger partial charge in [-0.15, -0.1) is 0 Å². The van der Waals surface area contributed by atoms with E-state index in [1.54, 1.807) is 0 Å². The van der Waals surface area contributed by atoms with E-state index >= 15 is 0 Å².